The fraction of sp³-hybridized carbons (Fsp3) is 0.300. The summed E-state index contributed by atoms with van der Waals surface area (Å²) in [4.78, 5) is 11.1. The monoisotopic (exact) mass is 293 g/mol. The van der Waals surface area contributed by atoms with Crippen LogP contribution in [0.15, 0.2) is 23.1 Å². The molecule has 0 bridgehead atoms. The molecule has 18 heavy (non-hydrogen) atoms. The molecule has 0 unspecified atom stereocenters. The first-order valence-electron chi connectivity index (χ1n) is 4.90. The Bertz CT molecular complexity index is 543. The number of ether oxygens (including phenoxy) is 1. The fourth-order valence-electron chi connectivity index (χ4n) is 1.21. The third-order valence-corrected chi connectivity index (χ3v) is 3.99. The maximum atomic E-state index is 11.8. The zero-order valence-electron chi connectivity index (χ0n) is 9.51. The van der Waals surface area contributed by atoms with Gasteiger partial charge < -0.3 is 9.84 Å². The Kier molecular flexibility index (Phi) is 5.09. The molecule has 2 N–H and O–H groups in total. The molecule has 0 atom stereocenters. The number of nitrogens with one attached hydrogen (secondary N) is 1. The molecule has 8 heteroatoms. The van der Waals surface area contributed by atoms with E-state index in [0.29, 0.717) is 0 Å². The molecule has 6 nitrogen and oxygen atoms in total. The summed E-state index contributed by atoms with van der Waals surface area (Å²) in [5.41, 5.74) is 0.0753. The molecule has 0 radical (unpaired) electrons. The van der Waals surface area contributed by atoms with Gasteiger partial charge in [-0.05, 0) is 18.2 Å². The molecule has 1 aromatic rings. The Morgan fingerprint density at radius 2 is 2.17 bits per heavy atom. The van der Waals surface area contributed by atoms with Crippen LogP contribution in [0, 0.1) is 0 Å². The van der Waals surface area contributed by atoms with Crippen LogP contribution in [-0.2, 0) is 14.8 Å². The molecule has 0 aromatic heterocycles. The number of aliphatic hydroxyl groups excluding tert-OH is 1. The predicted molar refractivity (Wildman–Crippen MR) is 65.1 cm³/mol. The van der Waals surface area contributed by atoms with Crippen LogP contribution < -0.4 is 4.72 Å². The van der Waals surface area contributed by atoms with Crippen molar-refractivity contribution in [2.45, 2.75) is 4.90 Å². The topological polar surface area (TPSA) is 92.7 Å². The second kappa shape index (κ2) is 6.14. The summed E-state index contributed by atoms with van der Waals surface area (Å²) >= 11 is 5.77. The van der Waals surface area contributed by atoms with Gasteiger partial charge in [0.05, 0.1) is 24.3 Å². The number of esters is 1. The average molecular weight is 294 g/mol. The van der Waals surface area contributed by atoms with Gasteiger partial charge in [-0.1, -0.05) is 11.6 Å². The normalized spacial score (nSPS) is 11.3. The van der Waals surface area contributed by atoms with E-state index in [0.717, 1.165) is 6.07 Å². The fourth-order valence-corrected chi connectivity index (χ4v) is 2.76. The lowest BCUT2D eigenvalue weighted by Gasteiger charge is -2.08. The number of sulfonamides is 1. The Morgan fingerprint density at radius 1 is 1.50 bits per heavy atom. The Hall–Kier alpha value is -1.15. The van der Waals surface area contributed by atoms with Gasteiger partial charge >= 0.3 is 5.97 Å². The van der Waals surface area contributed by atoms with Crippen molar-refractivity contribution in [3.63, 3.8) is 0 Å². The van der Waals surface area contributed by atoms with Crippen LogP contribution in [-0.4, -0.2) is 39.8 Å². The number of aliphatic hydroxyl groups is 1. The first-order valence-corrected chi connectivity index (χ1v) is 6.77. The lowest BCUT2D eigenvalue weighted by Crippen LogP contribution is -2.27. The largest absolute Gasteiger partial charge is 0.465 e. The lowest BCUT2D eigenvalue weighted by molar-refractivity contribution is 0.0600. The molecular weight excluding hydrogens is 282 g/mol. The van der Waals surface area contributed by atoms with Crippen molar-refractivity contribution in [1.82, 2.24) is 4.72 Å². The van der Waals surface area contributed by atoms with Crippen molar-refractivity contribution in [1.29, 1.82) is 0 Å². The summed E-state index contributed by atoms with van der Waals surface area (Å²) < 4.78 is 30.3. The lowest BCUT2D eigenvalue weighted by atomic mass is 10.2. The maximum Gasteiger partial charge on any atom is 0.337 e. The highest BCUT2D eigenvalue weighted by atomic mass is 35.5. The van der Waals surface area contributed by atoms with Crippen molar-refractivity contribution in [2.24, 2.45) is 0 Å². The van der Waals surface area contributed by atoms with Crippen molar-refractivity contribution < 1.29 is 23.1 Å². The van der Waals surface area contributed by atoms with Crippen molar-refractivity contribution >= 4 is 27.6 Å². The molecule has 0 amide bonds. The molecule has 0 saturated heterocycles. The van der Waals surface area contributed by atoms with E-state index >= 15 is 0 Å². The van der Waals surface area contributed by atoms with Crippen molar-refractivity contribution in [3.05, 3.63) is 28.8 Å². The SMILES string of the molecule is COC(=O)c1ccc(Cl)c(S(=O)(=O)NCCO)c1. The number of hydrogen-bond acceptors (Lipinski definition) is 5. The van der Waals surface area contributed by atoms with E-state index in [-0.39, 0.29) is 28.6 Å². The van der Waals surface area contributed by atoms with E-state index < -0.39 is 16.0 Å². The minimum atomic E-state index is -3.87. The highest BCUT2D eigenvalue weighted by Crippen LogP contribution is 2.22. The number of carbonyl (C=O) groups is 1. The standard InChI is InChI=1S/C10H12ClNO5S/c1-17-10(14)7-2-3-8(11)9(6-7)18(15,16)12-4-5-13/h2-3,6,12-13H,4-5H2,1H3. The molecule has 0 aliphatic rings. The van der Waals surface area contributed by atoms with Crippen LogP contribution >= 0.6 is 11.6 Å². The zero-order valence-corrected chi connectivity index (χ0v) is 11.1. The molecule has 100 valence electrons. The Morgan fingerprint density at radius 3 is 2.72 bits per heavy atom. The number of halogens is 1. The molecule has 0 aliphatic carbocycles. The molecular formula is C10H12ClNO5S. The van der Waals surface area contributed by atoms with Gasteiger partial charge in [-0.3, -0.25) is 0 Å². The van der Waals surface area contributed by atoms with Gasteiger partial charge in [0, 0.05) is 6.54 Å². The van der Waals surface area contributed by atoms with E-state index in [2.05, 4.69) is 9.46 Å². The smallest absolute Gasteiger partial charge is 0.337 e. The average Bonchev–Trinajstić information content (AvgIpc) is 2.35. The van der Waals surface area contributed by atoms with Crippen LogP contribution in [0.4, 0.5) is 0 Å². The number of hydrogen-bond donors (Lipinski definition) is 2. The number of carbonyl (C=O) groups excluding carboxylic acids is 1. The summed E-state index contributed by atoms with van der Waals surface area (Å²) in [5, 5.41) is 8.57. The molecule has 0 heterocycles. The highest BCUT2D eigenvalue weighted by molar-refractivity contribution is 7.89. The second-order valence-corrected chi connectivity index (χ2v) is 5.40. The van der Waals surface area contributed by atoms with Gasteiger partial charge in [-0.25, -0.2) is 17.9 Å². The van der Waals surface area contributed by atoms with Gasteiger partial charge in [0.2, 0.25) is 10.0 Å². The van der Waals surface area contributed by atoms with Crippen molar-refractivity contribution in [3.8, 4) is 0 Å². The summed E-state index contributed by atoms with van der Waals surface area (Å²) in [6.45, 7) is -0.478. The number of benzene rings is 1. The maximum absolute atomic E-state index is 11.8. The van der Waals surface area contributed by atoms with Crippen LogP contribution in [0.5, 0.6) is 0 Å². The molecule has 0 aliphatic heterocycles. The number of methoxy groups -OCH3 is 1. The third kappa shape index (κ3) is 3.42. The molecule has 1 aromatic carbocycles. The molecule has 1 rings (SSSR count). The first-order chi connectivity index (χ1) is 8.42. The second-order valence-electron chi connectivity index (χ2n) is 3.26. The predicted octanol–water partition coefficient (Wildman–Crippen LogP) is 0.397. The minimum absolute atomic E-state index is 0.0203. The van der Waals surface area contributed by atoms with E-state index in [4.69, 9.17) is 16.7 Å². The quantitative estimate of drug-likeness (QED) is 0.767. The summed E-state index contributed by atoms with van der Waals surface area (Å²) in [5.74, 6) is -0.662. The van der Waals surface area contributed by atoms with E-state index in [1.807, 2.05) is 0 Å². The van der Waals surface area contributed by atoms with Crippen LogP contribution in [0.1, 0.15) is 10.4 Å². The van der Waals surface area contributed by atoms with Crippen molar-refractivity contribution in [2.75, 3.05) is 20.3 Å². The summed E-state index contributed by atoms with van der Waals surface area (Å²) in [6, 6.07) is 3.77. The highest BCUT2D eigenvalue weighted by Gasteiger charge is 2.19. The van der Waals surface area contributed by atoms with Gasteiger partial charge in [0.1, 0.15) is 4.90 Å². The van der Waals surface area contributed by atoms with E-state index in [1.54, 1.807) is 0 Å². The third-order valence-electron chi connectivity index (χ3n) is 2.05. The van der Waals surface area contributed by atoms with Gasteiger partial charge in [-0.15, -0.1) is 0 Å². The zero-order chi connectivity index (χ0) is 13.8. The first kappa shape index (κ1) is 14.9. The van der Waals surface area contributed by atoms with Gasteiger partial charge in [-0.2, -0.15) is 0 Å². The Balaban J connectivity index is 3.19. The number of rotatable bonds is 5. The van der Waals surface area contributed by atoms with Gasteiger partial charge in [0.15, 0.2) is 0 Å². The molecule has 0 spiro atoms. The van der Waals surface area contributed by atoms with E-state index in [1.165, 1.54) is 19.2 Å². The Labute approximate surface area is 110 Å². The van der Waals surface area contributed by atoms with E-state index in [9.17, 15) is 13.2 Å². The minimum Gasteiger partial charge on any atom is -0.465 e. The summed E-state index contributed by atoms with van der Waals surface area (Å²) in [7, 11) is -2.68. The van der Waals surface area contributed by atoms with Crippen LogP contribution in [0.2, 0.25) is 5.02 Å². The molecule has 0 saturated carbocycles. The van der Waals surface area contributed by atoms with Crippen LogP contribution in [0.3, 0.4) is 0 Å². The van der Waals surface area contributed by atoms with Crippen LogP contribution in [0.25, 0.3) is 0 Å². The molecule has 0 fully saturated rings. The van der Waals surface area contributed by atoms with Gasteiger partial charge in [0.25, 0.3) is 0 Å². The summed E-state index contributed by atoms with van der Waals surface area (Å²) in [6.07, 6.45) is 0.